The van der Waals surface area contributed by atoms with Crippen molar-refractivity contribution in [1.29, 1.82) is 0 Å². The van der Waals surface area contributed by atoms with Crippen molar-refractivity contribution < 1.29 is 14.3 Å². The highest BCUT2D eigenvalue weighted by Crippen LogP contribution is 2.15. The average Bonchev–Trinajstić information content (AvgIpc) is 2.40. The molecule has 0 saturated carbocycles. The lowest BCUT2D eigenvalue weighted by Crippen LogP contribution is -2.26. The highest BCUT2D eigenvalue weighted by atomic mass is 32.2. The number of carbonyl (C=O) groups is 2. The van der Waals surface area contributed by atoms with Crippen molar-refractivity contribution in [3.63, 3.8) is 0 Å². The zero-order valence-electron chi connectivity index (χ0n) is 11.1. The fraction of sp³-hybridized carbons (Fsp3) is 0.455. The van der Waals surface area contributed by atoms with Crippen molar-refractivity contribution >= 4 is 35.3 Å². The van der Waals surface area contributed by atoms with Gasteiger partial charge in [0.05, 0.1) is 12.9 Å². The first-order valence-electron chi connectivity index (χ1n) is 5.87. The van der Waals surface area contributed by atoms with Gasteiger partial charge in [0.2, 0.25) is 5.91 Å². The molecular formula is C11H17N5O3S. The van der Waals surface area contributed by atoms with Gasteiger partial charge in [-0.25, -0.2) is 9.97 Å². The summed E-state index contributed by atoms with van der Waals surface area (Å²) in [6.45, 7) is 0.411. The fourth-order valence-electron chi connectivity index (χ4n) is 1.27. The highest BCUT2D eigenvalue weighted by molar-refractivity contribution is 7.99. The number of aromatic nitrogens is 2. The molecule has 1 heterocycles. The molecule has 0 bridgehead atoms. The van der Waals surface area contributed by atoms with Gasteiger partial charge in [0.15, 0.2) is 5.16 Å². The van der Waals surface area contributed by atoms with Crippen molar-refractivity contribution in [2.45, 2.75) is 18.0 Å². The van der Waals surface area contributed by atoms with Crippen molar-refractivity contribution in [3.05, 3.63) is 6.07 Å². The van der Waals surface area contributed by atoms with E-state index in [-0.39, 0.29) is 35.7 Å². The predicted octanol–water partition coefficient (Wildman–Crippen LogP) is -0.197. The molecule has 1 aromatic rings. The van der Waals surface area contributed by atoms with Gasteiger partial charge in [-0.1, -0.05) is 11.8 Å². The number of hydrogen-bond donors (Lipinski definition) is 3. The second-order valence-corrected chi connectivity index (χ2v) is 4.76. The van der Waals surface area contributed by atoms with Crippen LogP contribution < -0.4 is 16.8 Å². The van der Waals surface area contributed by atoms with Crippen molar-refractivity contribution in [3.8, 4) is 0 Å². The van der Waals surface area contributed by atoms with E-state index in [2.05, 4.69) is 20.0 Å². The van der Waals surface area contributed by atoms with Crippen LogP contribution in [0.3, 0.4) is 0 Å². The predicted molar refractivity (Wildman–Crippen MR) is 75.8 cm³/mol. The van der Waals surface area contributed by atoms with E-state index in [4.69, 9.17) is 11.5 Å². The Hall–Kier alpha value is -2.03. The van der Waals surface area contributed by atoms with Gasteiger partial charge in [0.1, 0.15) is 11.6 Å². The maximum Gasteiger partial charge on any atom is 0.305 e. The number of anilines is 2. The third-order valence-electron chi connectivity index (χ3n) is 2.19. The first-order chi connectivity index (χ1) is 9.51. The lowest BCUT2D eigenvalue weighted by molar-refractivity contribution is -0.140. The SMILES string of the molecule is COC(=O)CCCNC(=O)CSc1nc(N)cc(N)n1. The first-order valence-corrected chi connectivity index (χ1v) is 6.86. The van der Waals surface area contributed by atoms with E-state index in [1.807, 2.05) is 0 Å². The monoisotopic (exact) mass is 299 g/mol. The number of nitrogens with two attached hydrogens (primary N) is 2. The van der Waals surface area contributed by atoms with Gasteiger partial charge in [-0.15, -0.1) is 0 Å². The molecule has 0 radical (unpaired) electrons. The number of thioether (sulfide) groups is 1. The summed E-state index contributed by atoms with van der Waals surface area (Å²) in [5, 5.41) is 3.03. The number of nitrogens with zero attached hydrogens (tertiary/aromatic N) is 2. The quantitative estimate of drug-likeness (QED) is 0.273. The van der Waals surface area contributed by atoms with Crippen LogP contribution >= 0.6 is 11.8 Å². The summed E-state index contributed by atoms with van der Waals surface area (Å²) in [5.41, 5.74) is 11.0. The minimum Gasteiger partial charge on any atom is -0.469 e. The summed E-state index contributed by atoms with van der Waals surface area (Å²) in [6.07, 6.45) is 0.809. The number of amides is 1. The van der Waals surface area contributed by atoms with Crippen LogP contribution in [0.25, 0.3) is 0 Å². The summed E-state index contributed by atoms with van der Waals surface area (Å²) in [5.74, 6) is 0.208. The van der Waals surface area contributed by atoms with Crippen LogP contribution in [0, 0.1) is 0 Å². The van der Waals surface area contributed by atoms with Crippen molar-refractivity contribution in [1.82, 2.24) is 15.3 Å². The number of nitrogen functional groups attached to an aromatic ring is 2. The third-order valence-corrected chi connectivity index (χ3v) is 3.03. The number of hydrogen-bond acceptors (Lipinski definition) is 8. The summed E-state index contributed by atoms with van der Waals surface area (Å²) in [6, 6.07) is 1.44. The largest absolute Gasteiger partial charge is 0.469 e. The van der Waals surface area contributed by atoms with Gasteiger partial charge in [-0.3, -0.25) is 9.59 Å². The zero-order chi connectivity index (χ0) is 15.0. The standard InChI is InChI=1S/C11H17N5O3S/c1-19-10(18)3-2-4-14-9(17)6-20-11-15-7(12)5-8(13)16-11/h5H,2-4,6H2,1H3,(H,14,17)(H4,12,13,15,16). The zero-order valence-corrected chi connectivity index (χ0v) is 11.9. The molecule has 0 aliphatic carbocycles. The van der Waals surface area contributed by atoms with E-state index < -0.39 is 0 Å². The maximum absolute atomic E-state index is 11.5. The molecule has 8 nitrogen and oxygen atoms in total. The fourth-order valence-corrected chi connectivity index (χ4v) is 1.97. The molecule has 9 heteroatoms. The van der Waals surface area contributed by atoms with Gasteiger partial charge in [-0.2, -0.15) is 0 Å². The molecule has 0 unspecified atom stereocenters. The minimum atomic E-state index is -0.294. The van der Waals surface area contributed by atoms with Gasteiger partial charge in [0, 0.05) is 19.0 Å². The van der Waals surface area contributed by atoms with Crippen molar-refractivity contribution in [2.75, 3.05) is 30.9 Å². The van der Waals surface area contributed by atoms with Gasteiger partial charge in [-0.05, 0) is 6.42 Å². The van der Waals surface area contributed by atoms with E-state index in [0.29, 0.717) is 18.1 Å². The van der Waals surface area contributed by atoms with Crippen LogP contribution in [-0.2, 0) is 14.3 Å². The van der Waals surface area contributed by atoms with Crippen LogP contribution in [0.2, 0.25) is 0 Å². The van der Waals surface area contributed by atoms with Crippen LogP contribution in [0.5, 0.6) is 0 Å². The molecule has 20 heavy (non-hydrogen) atoms. The smallest absolute Gasteiger partial charge is 0.305 e. The first kappa shape index (κ1) is 16.0. The van der Waals surface area contributed by atoms with Crippen LogP contribution in [-0.4, -0.2) is 41.3 Å². The molecular weight excluding hydrogens is 282 g/mol. The number of methoxy groups -OCH3 is 1. The summed E-state index contributed by atoms with van der Waals surface area (Å²) >= 11 is 1.14. The Balaban J connectivity index is 2.24. The van der Waals surface area contributed by atoms with E-state index in [1.54, 1.807) is 0 Å². The van der Waals surface area contributed by atoms with Crippen LogP contribution in [0.1, 0.15) is 12.8 Å². The lowest BCUT2D eigenvalue weighted by atomic mass is 10.3. The Labute approximate surface area is 120 Å². The van der Waals surface area contributed by atoms with Crippen molar-refractivity contribution in [2.24, 2.45) is 0 Å². The number of rotatable bonds is 7. The Morgan fingerprint density at radius 1 is 1.35 bits per heavy atom. The summed E-state index contributed by atoms with van der Waals surface area (Å²) < 4.78 is 4.49. The molecule has 1 rings (SSSR count). The molecule has 1 amide bonds. The van der Waals surface area contributed by atoms with Gasteiger partial charge >= 0.3 is 5.97 Å². The van der Waals surface area contributed by atoms with E-state index >= 15 is 0 Å². The highest BCUT2D eigenvalue weighted by Gasteiger charge is 2.06. The summed E-state index contributed by atoms with van der Waals surface area (Å²) in [4.78, 5) is 30.3. The Bertz CT molecular complexity index is 463. The molecule has 0 aromatic carbocycles. The minimum absolute atomic E-state index is 0.154. The van der Waals surface area contributed by atoms with Crippen LogP contribution in [0.15, 0.2) is 11.2 Å². The van der Waals surface area contributed by atoms with Crippen LogP contribution in [0.4, 0.5) is 11.6 Å². The topological polar surface area (TPSA) is 133 Å². The van der Waals surface area contributed by atoms with E-state index in [0.717, 1.165) is 11.8 Å². The third kappa shape index (κ3) is 6.23. The maximum atomic E-state index is 11.5. The molecule has 0 saturated heterocycles. The second-order valence-electron chi connectivity index (χ2n) is 3.82. The second kappa shape index (κ2) is 8.20. The summed E-state index contributed by atoms with van der Waals surface area (Å²) in [7, 11) is 1.33. The molecule has 0 fully saturated rings. The number of ether oxygens (including phenoxy) is 1. The Kier molecular flexibility index (Phi) is 6.57. The average molecular weight is 299 g/mol. The Morgan fingerprint density at radius 2 is 2.00 bits per heavy atom. The van der Waals surface area contributed by atoms with E-state index in [9.17, 15) is 9.59 Å². The van der Waals surface area contributed by atoms with Gasteiger partial charge in [0.25, 0.3) is 0 Å². The molecule has 5 N–H and O–H groups in total. The number of carbonyl (C=O) groups excluding carboxylic acids is 2. The molecule has 0 aliphatic heterocycles. The normalized spacial score (nSPS) is 10.1. The molecule has 0 spiro atoms. The number of nitrogens with one attached hydrogen (secondary N) is 1. The number of esters is 1. The molecule has 0 aliphatic rings. The van der Waals surface area contributed by atoms with Gasteiger partial charge < -0.3 is 21.5 Å². The molecule has 1 aromatic heterocycles. The molecule has 0 atom stereocenters. The lowest BCUT2D eigenvalue weighted by Gasteiger charge is -2.05. The Morgan fingerprint density at radius 3 is 2.60 bits per heavy atom. The molecule has 110 valence electrons. The van der Waals surface area contributed by atoms with E-state index in [1.165, 1.54) is 13.2 Å².